The van der Waals surface area contributed by atoms with E-state index in [9.17, 15) is 4.79 Å². The van der Waals surface area contributed by atoms with Gasteiger partial charge in [-0.25, -0.2) is 0 Å². The van der Waals surface area contributed by atoms with Crippen LogP contribution in [0.5, 0.6) is 0 Å². The van der Waals surface area contributed by atoms with Gasteiger partial charge in [0.25, 0.3) is 0 Å². The summed E-state index contributed by atoms with van der Waals surface area (Å²) in [6.45, 7) is 1.89. The van der Waals surface area contributed by atoms with Gasteiger partial charge in [-0.1, -0.05) is 60.7 Å². The lowest BCUT2D eigenvalue weighted by Crippen LogP contribution is -2.11. The molecule has 2 aromatic rings. The summed E-state index contributed by atoms with van der Waals surface area (Å²) in [5.74, 6) is -0.197. The Hall–Kier alpha value is -2.09. The fraction of sp³-hybridized carbons (Fsp3) is 0.188. The highest BCUT2D eigenvalue weighted by Crippen LogP contribution is 2.16. The minimum absolute atomic E-state index is 0.197. The van der Waals surface area contributed by atoms with Gasteiger partial charge in [-0.3, -0.25) is 4.79 Å². The number of benzene rings is 2. The topological polar surface area (TPSA) is 26.3 Å². The lowest BCUT2D eigenvalue weighted by atomic mass is 10.1. The molecule has 1 unspecified atom stereocenters. The predicted molar refractivity (Wildman–Crippen MR) is 71.1 cm³/mol. The smallest absolute Gasteiger partial charge is 0.310 e. The van der Waals surface area contributed by atoms with Gasteiger partial charge in [0, 0.05) is 0 Å². The summed E-state index contributed by atoms with van der Waals surface area (Å²) in [6, 6.07) is 19.4. The van der Waals surface area contributed by atoms with E-state index in [4.69, 9.17) is 4.74 Å². The van der Waals surface area contributed by atoms with E-state index in [1.807, 2.05) is 67.6 Å². The standard InChI is InChI=1S/C16H16O2/c1-13(15-10-6-3-7-11-15)18-16(17)12-14-8-4-2-5-9-14/h2-11,13H,12H2,1H3. The van der Waals surface area contributed by atoms with Gasteiger partial charge < -0.3 is 4.74 Å². The highest BCUT2D eigenvalue weighted by Gasteiger charge is 2.11. The zero-order valence-electron chi connectivity index (χ0n) is 10.4. The van der Waals surface area contributed by atoms with Crippen molar-refractivity contribution in [1.29, 1.82) is 0 Å². The van der Waals surface area contributed by atoms with Gasteiger partial charge >= 0.3 is 5.97 Å². The molecule has 0 amide bonds. The van der Waals surface area contributed by atoms with Crippen LogP contribution < -0.4 is 0 Å². The first-order chi connectivity index (χ1) is 8.75. The quantitative estimate of drug-likeness (QED) is 0.764. The van der Waals surface area contributed by atoms with E-state index in [0.29, 0.717) is 6.42 Å². The monoisotopic (exact) mass is 240 g/mol. The summed E-state index contributed by atoms with van der Waals surface area (Å²) in [6.07, 6.45) is 0.111. The van der Waals surface area contributed by atoms with E-state index in [2.05, 4.69) is 0 Å². The SMILES string of the molecule is CC(OC(=O)Cc1ccccc1)c1ccccc1. The number of hydrogen-bond donors (Lipinski definition) is 0. The van der Waals surface area contributed by atoms with Crippen molar-refractivity contribution >= 4 is 5.97 Å². The first-order valence-electron chi connectivity index (χ1n) is 6.04. The van der Waals surface area contributed by atoms with Gasteiger partial charge in [-0.2, -0.15) is 0 Å². The Kier molecular flexibility index (Phi) is 4.13. The number of esters is 1. The molecule has 0 radical (unpaired) electrons. The largest absolute Gasteiger partial charge is 0.458 e. The number of rotatable bonds is 4. The second-order valence-electron chi connectivity index (χ2n) is 4.21. The molecule has 0 spiro atoms. The maximum atomic E-state index is 11.8. The molecule has 0 saturated heterocycles. The predicted octanol–water partition coefficient (Wildman–Crippen LogP) is 3.53. The van der Waals surface area contributed by atoms with Crippen molar-refractivity contribution in [2.75, 3.05) is 0 Å². The van der Waals surface area contributed by atoms with Gasteiger partial charge in [0.05, 0.1) is 6.42 Å². The Morgan fingerprint density at radius 1 is 1.00 bits per heavy atom. The highest BCUT2D eigenvalue weighted by atomic mass is 16.5. The molecule has 2 heteroatoms. The van der Waals surface area contributed by atoms with Crippen LogP contribution in [0.4, 0.5) is 0 Å². The van der Waals surface area contributed by atoms with Gasteiger partial charge in [0.15, 0.2) is 0 Å². The van der Waals surface area contributed by atoms with Gasteiger partial charge in [-0.15, -0.1) is 0 Å². The molecular formula is C16H16O2. The minimum atomic E-state index is -0.206. The van der Waals surface area contributed by atoms with E-state index >= 15 is 0 Å². The minimum Gasteiger partial charge on any atom is -0.458 e. The third kappa shape index (κ3) is 3.45. The maximum Gasteiger partial charge on any atom is 0.310 e. The third-order valence-electron chi connectivity index (χ3n) is 2.77. The van der Waals surface area contributed by atoms with E-state index in [0.717, 1.165) is 11.1 Å². The van der Waals surface area contributed by atoms with Crippen LogP contribution in [-0.2, 0) is 16.0 Å². The second kappa shape index (κ2) is 6.01. The molecule has 1 atom stereocenters. The highest BCUT2D eigenvalue weighted by molar-refractivity contribution is 5.72. The molecule has 0 fully saturated rings. The first kappa shape index (κ1) is 12.4. The van der Waals surface area contributed by atoms with E-state index in [-0.39, 0.29) is 12.1 Å². The average molecular weight is 240 g/mol. The van der Waals surface area contributed by atoms with Crippen molar-refractivity contribution < 1.29 is 9.53 Å². The Balaban J connectivity index is 1.92. The van der Waals surface area contributed by atoms with Crippen molar-refractivity contribution in [3.63, 3.8) is 0 Å². The summed E-state index contributed by atoms with van der Waals surface area (Å²) >= 11 is 0. The second-order valence-corrected chi connectivity index (χ2v) is 4.21. The zero-order chi connectivity index (χ0) is 12.8. The number of ether oxygens (including phenoxy) is 1. The Morgan fingerprint density at radius 3 is 2.17 bits per heavy atom. The molecule has 0 aliphatic carbocycles. The van der Waals surface area contributed by atoms with Crippen LogP contribution in [0.1, 0.15) is 24.2 Å². The van der Waals surface area contributed by atoms with Crippen molar-refractivity contribution in [2.24, 2.45) is 0 Å². The summed E-state index contributed by atoms with van der Waals surface area (Å²) in [4.78, 5) is 11.8. The molecule has 0 saturated carbocycles. The fourth-order valence-corrected chi connectivity index (χ4v) is 1.79. The summed E-state index contributed by atoms with van der Waals surface area (Å²) < 4.78 is 5.40. The summed E-state index contributed by atoms with van der Waals surface area (Å²) in [7, 11) is 0. The Bertz CT molecular complexity index is 491. The molecule has 0 aliphatic rings. The Morgan fingerprint density at radius 2 is 1.56 bits per heavy atom. The van der Waals surface area contributed by atoms with Crippen molar-refractivity contribution in [3.05, 3.63) is 71.8 Å². The molecule has 2 rings (SSSR count). The molecule has 18 heavy (non-hydrogen) atoms. The molecule has 0 heterocycles. The maximum absolute atomic E-state index is 11.8. The molecule has 0 N–H and O–H groups in total. The van der Waals surface area contributed by atoms with E-state index in [1.54, 1.807) is 0 Å². The average Bonchev–Trinajstić information content (AvgIpc) is 2.40. The lowest BCUT2D eigenvalue weighted by Gasteiger charge is -2.13. The molecule has 92 valence electrons. The van der Waals surface area contributed by atoms with Gasteiger partial charge in [0.2, 0.25) is 0 Å². The van der Waals surface area contributed by atoms with Crippen LogP contribution in [-0.4, -0.2) is 5.97 Å². The number of hydrogen-bond acceptors (Lipinski definition) is 2. The molecule has 0 bridgehead atoms. The molecule has 0 aromatic heterocycles. The van der Waals surface area contributed by atoms with Gasteiger partial charge in [0.1, 0.15) is 6.10 Å². The zero-order valence-corrected chi connectivity index (χ0v) is 10.4. The number of carbonyl (C=O) groups excluding carboxylic acids is 1. The first-order valence-corrected chi connectivity index (χ1v) is 6.04. The molecule has 2 nitrogen and oxygen atoms in total. The normalized spacial score (nSPS) is 11.8. The van der Waals surface area contributed by atoms with Crippen LogP contribution in [0.15, 0.2) is 60.7 Å². The van der Waals surface area contributed by atoms with Gasteiger partial charge in [-0.05, 0) is 18.1 Å². The van der Waals surface area contributed by atoms with Crippen LogP contribution in [0, 0.1) is 0 Å². The fourth-order valence-electron chi connectivity index (χ4n) is 1.79. The van der Waals surface area contributed by atoms with Crippen molar-refractivity contribution in [3.8, 4) is 0 Å². The third-order valence-corrected chi connectivity index (χ3v) is 2.77. The van der Waals surface area contributed by atoms with E-state index in [1.165, 1.54) is 0 Å². The summed E-state index contributed by atoms with van der Waals surface area (Å²) in [5, 5.41) is 0. The van der Waals surface area contributed by atoms with Crippen LogP contribution >= 0.6 is 0 Å². The Labute approximate surface area is 107 Å². The number of carbonyl (C=O) groups is 1. The lowest BCUT2D eigenvalue weighted by molar-refractivity contribution is -0.147. The van der Waals surface area contributed by atoms with E-state index < -0.39 is 0 Å². The van der Waals surface area contributed by atoms with Crippen LogP contribution in [0.3, 0.4) is 0 Å². The van der Waals surface area contributed by atoms with Crippen LogP contribution in [0.25, 0.3) is 0 Å². The van der Waals surface area contributed by atoms with Crippen molar-refractivity contribution in [1.82, 2.24) is 0 Å². The molecular weight excluding hydrogens is 224 g/mol. The molecule has 0 aliphatic heterocycles. The van der Waals surface area contributed by atoms with Crippen molar-refractivity contribution in [2.45, 2.75) is 19.4 Å². The molecule has 2 aromatic carbocycles. The van der Waals surface area contributed by atoms with Crippen LogP contribution in [0.2, 0.25) is 0 Å². The summed E-state index contributed by atoms with van der Waals surface area (Å²) in [5.41, 5.74) is 1.99.